The van der Waals surface area contributed by atoms with E-state index in [0.29, 0.717) is 17.1 Å². The maximum Gasteiger partial charge on any atom is 0.340 e. The van der Waals surface area contributed by atoms with Crippen molar-refractivity contribution in [2.75, 3.05) is 30.5 Å². The molecule has 0 atom stereocenters. The Kier molecular flexibility index (Phi) is 6.93. The number of anilines is 2. The largest absolute Gasteiger partial charge is 0.497 e. The van der Waals surface area contributed by atoms with Gasteiger partial charge in [0.05, 0.1) is 25.0 Å². The molecule has 0 saturated carbocycles. The third-order valence-electron chi connectivity index (χ3n) is 3.73. The molecule has 7 heteroatoms. The molecule has 0 fully saturated rings. The van der Waals surface area contributed by atoms with Crippen molar-refractivity contribution in [1.82, 2.24) is 0 Å². The molecule has 27 heavy (non-hydrogen) atoms. The summed E-state index contributed by atoms with van der Waals surface area (Å²) in [5.74, 6) is -0.721. The summed E-state index contributed by atoms with van der Waals surface area (Å²) in [5, 5.41) is 2.72. The van der Waals surface area contributed by atoms with Crippen molar-refractivity contribution in [3.63, 3.8) is 0 Å². The number of ether oxygens (including phenoxy) is 2. The van der Waals surface area contributed by atoms with Crippen LogP contribution in [0.25, 0.3) is 0 Å². The Hall–Kier alpha value is -3.35. The van der Waals surface area contributed by atoms with Crippen LogP contribution in [0.5, 0.6) is 5.75 Å². The van der Waals surface area contributed by atoms with Crippen LogP contribution in [0.2, 0.25) is 0 Å². The minimum Gasteiger partial charge on any atom is -0.497 e. The molecule has 2 aromatic rings. The number of esters is 1. The summed E-state index contributed by atoms with van der Waals surface area (Å²) >= 11 is 0. The van der Waals surface area contributed by atoms with E-state index in [4.69, 9.17) is 9.47 Å². The SMILES string of the molecule is CCOC(=O)c1ccccc1N(CC(=O)Nc1cccc(OC)c1)C(C)=O. The number of carbonyl (C=O) groups excluding carboxylic acids is 3. The van der Waals surface area contributed by atoms with Crippen molar-refractivity contribution in [3.8, 4) is 5.75 Å². The maximum atomic E-state index is 12.4. The fourth-order valence-electron chi connectivity index (χ4n) is 2.50. The Labute approximate surface area is 157 Å². The van der Waals surface area contributed by atoms with Crippen molar-refractivity contribution in [2.45, 2.75) is 13.8 Å². The van der Waals surface area contributed by atoms with Crippen LogP contribution >= 0.6 is 0 Å². The van der Waals surface area contributed by atoms with Gasteiger partial charge in [0.1, 0.15) is 12.3 Å². The van der Waals surface area contributed by atoms with E-state index in [9.17, 15) is 14.4 Å². The topological polar surface area (TPSA) is 84.9 Å². The Morgan fingerprint density at radius 3 is 2.48 bits per heavy atom. The lowest BCUT2D eigenvalue weighted by Gasteiger charge is -2.23. The standard InChI is InChI=1S/C20H22N2O5/c1-4-27-20(25)17-10-5-6-11-18(17)22(14(2)23)13-19(24)21-15-8-7-9-16(12-15)26-3/h5-12H,4,13H2,1-3H3,(H,21,24). The molecule has 0 saturated heterocycles. The molecule has 7 nitrogen and oxygen atoms in total. The molecule has 2 rings (SSSR count). The first-order valence-corrected chi connectivity index (χ1v) is 8.44. The fourth-order valence-corrected chi connectivity index (χ4v) is 2.50. The van der Waals surface area contributed by atoms with E-state index in [2.05, 4.69) is 5.32 Å². The molecule has 0 unspecified atom stereocenters. The molecule has 0 spiro atoms. The number of para-hydroxylation sites is 1. The molecule has 0 aliphatic heterocycles. The van der Waals surface area contributed by atoms with Crippen LogP contribution in [-0.2, 0) is 14.3 Å². The highest BCUT2D eigenvalue weighted by atomic mass is 16.5. The first-order valence-electron chi connectivity index (χ1n) is 8.44. The second-order valence-corrected chi connectivity index (χ2v) is 5.62. The quantitative estimate of drug-likeness (QED) is 0.758. The van der Waals surface area contributed by atoms with Crippen molar-refractivity contribution in [3.05, 3.63) is 54.1 Å². The van der Waals surface area contributed by atoms with E-state index in [0.717, 1.165) is 0 Å². The molecule has 2 amide bonds. The van der Waals surface area contributed by atoms with Gasteiger partial charge in [0.25, 0.3) is 0 Å². The summed E-state index contributed by atoms with van der Waals surface area (Å²) in [5.41, 5.74) is 1.09. The van der Waals surface area contributed by atoms with E-state index in [1.807, 2.05) is 0 Å². The zero-order valence-corrected chi connectivity index (χ0v) is 15.5. The van der Waals surface area contributed by atoms with Gasteiger partial charge in [-0.3, -0.25) is 9.59 Å². The smallest absolute Gasteiger partial charge is 0.340 e. The summed E-state index contributed by atoms with van der Waals surface area (Å²) in [6.45, 7) is 3.00. The van der Waals surface area contributed by atoms with Crippen LogP contribution < -0.4 is 15.0 Å². The summed E-state index contributed by atoms with van der Waals surface area (Å²) in [6.07, 6.45) is 0. The Balaban J connectivity index is 2.22. The van der Waals surface area contributed by atoms with Gasteiger partial charge in [-0.25, -0.2) is 4.79 Å². The maximum absolute atomic E-state index is 12.4. The average molecular weight is 370 g/mol. The molecule has 2 aromatic carbocycles. The number of carbonyl (C=O) groups is 3. The van der Waals surface area contributed by atoms with Crippen LogP contribution in [0.3, 0.4) is 0 Å². The van der Waals surface area contributed by atoms with Crippen molar-refractivity contribution in [1.29, 1.82) is 0 Å². The van der Waals surface area contributed by atoms with Crippen LogP contribution in [-0.4, -0.2) is 38.0 Å². The number of amides is 2. The van der Waals surface area contributed by atoms with E-state index in [-0.39, 0.29) is 24.6 Å². The third kappa shape index (κ3) is 5.31. The molecule has 0 aliphatic rings. The highest BCUT2D eigenvalue weighted by Gasteiger charge is 2.22. The number of nitrogens with zero attached hydrogens (tertiary/aromatic N) is 1. The second-order valence-electron chi connectivity index (χ2n) is 5.62. The highest BCUT2D eigenvalue weighted by Crippen LogP contribution is 2.22. The van der Waals surface area contributed by atoms with Gasteiger partial charge in [-0.15, -0.1) is 0 Å². The van der Waals surface area contributed by atoms with Crippen molar-refractivity contribution in [2.24, 2.45) is 0 Å². The number of rotatable bonds is 7. The Morgan fingerprint density at radius 2 is 1.81 bits per heavy atom. The summed E-state index contributed by atoms with van der Waals surface area (Å²) in [6, 6.07) is 13.4. The average Bonchev–Trinajstić information content (AvgIpc) is 2.66. The lowest BCUT2D eigenvalue weighted by molar-refractivity contribution is -0.120. The van der Waals surface area contributed by atoms with E-state index < -0.39 is 11.9 Å². The molecule has 0 aliphatic carbocycles. The summed E-state index contributed by atoms with van der Waals surface area (Å²) < 4.78 is 10.2. The number of methoxy groups -OCH3 is 1. The van der Waals surface area contributed by atoms with Crippen molar-refractivity contribution < 1.29 is 23.9 Å². The second kappa shape index (κ2) is 9.38. The minimum absolute atomic E-state index is 0.212. The normalized spacial score (nSPS) is 10.0. The molecular weight excluding hydrogens is 348 g/mol. The van der Waals surface area contributed by atoms with Gasteiger partial charge in [-0.2, -0.15) is 0 Å². The van der Waals surface area contributed by atoms with Gasteiger partial charge in [-0.1, -0.05) is 18.2 Å². The van der Waals surface area contributed by atoms with E-state index >= 15 is 0 Å². The number of benzene rings is 2. The zero-order chi connectivity index (χ0) is 19.8. The summed E-state index contributed by atoms with van der Waals surface area (Å²) in [7, 11) is 1.53. The van der Waals surface area contributed by atoms with Gasteiger partial charge in [0.15, 0.2) is 0 Å². The van der Waals surface area contributed by atoms with Crippen LogP contribution in [0.15, 0.2) is 48.5 Å². The molecule has 0 radical (unpaired) electrons. The van der Waals surface area contributed by atoms with Crippen LogP contribution in [0.4, 0.5) is 11.4 Å². The fraction of sp³-hybridized carbons (Fsp3) is 0.250. The lowest BCUT2D eigenvalue weighted by atomic mass is 10.1. The molecule has 142 valence electrons. The number of nitrogens with one attached hydrogen (secondary N) is 1. The third-order valence-corrected chi connectivity index (χ3v) is 3.73. The predicted octanol–water partition coefficient (Wildman–Crippen LogP) is 2.86. The van der Waals surface area contributed by atoms with Gasteiger partial charge in [0, 0.05) is 18.7 Å². The minimum atomic E-state index is -0.549. The molecule has 1 N–H and O–H groups in total. The van der Waals surface area contributed by atoms with Crippen molar-refractivity contribution >= 4 is 29.2 Å². The highest BCUT2D eigenvalue weighted by molar-refractivity contribution is 6.06. The van der Waals surface area contributed by atoms with E-state index in [1.165, 1.54) is 18.9 Å². The van der Waals surface area contributed by atoms with Gasteiger partial charge in [-0.05, 0) is 31.2 Å². The predicted molar refractivity (Wildman–Crippen MR) is 102 cm³/mol. The summed E-state index contributed by atoms with van der Waals surface area (Å²) in [4.78, 5) is 38.0. The number of hydrogen-bond acceptors (Lipinski definition) is 5. The number of hydrogen-bond donors (Lipinski definition) is 1. The van der Waals surface area contributed by atoms with Gasteiger partial charge >= 0.3 is 5.97 Å². The van der Waals surface area contributed by atoms with Gasteiger partial charge in [0.2, 0.25) is 11.8 Å². The molecule has 0 heterocycles. The molecule has 0 bridgehead atoms. The zero-order valence-electron chi connectivity index (χ0n) is 15.5. The molecular formula is C20H22N2O5. The van der Waals surface area contributed by atoms with Gasteiger partial charge < -0.3 is 19.7 Å². The van der Waals surface area contributed by atoms with Crippen LogP contribution in [0.1, 0.15) is 24.2 Å². The molecule has 0 aromatic heterocycles. The monoisotopic (exact) mass is 370 g/mol. The first kappa shape index (κ1) is 20.0. The first-order chi connectivity index (χ1) is 13.0. The van der Waals surface area contributed by atoms with Crippen LogP contribution in [0, 0.1) is 0 Å². The Bertz CT molecular complexity index is 835. The Morgan fingerprint density at radius 1 is 1.07 bits per heavy atom. The lowest BCUT2D eigenvalue weighted by Crippen LogP contribution is -2.37. The van der Waals surface area contributed by atoms with E-state index in [1.54, 1.807) is 55.5 Å².